The summed E-state index contributed by atoms with van der Waals surface area (Å²) in [6, 6.07) is 12.8. The third kappa shape index (κ3) is 3.47. The van der Waals surface area contributed by atoms with Gasteiger partial charge in [-0.3, -0.25) is 0 Å². The smallest absolute Gasteiger partial charge is 0.171 e. The topological polar surface area (TPSA) is 0 Å². The maximum Gasteiger partial charge on any atom is 0.392 e. The van der Waals surface area contributed by atoms with Crippen molar-refractivity contribution in [3.8, 4) is 0 Å². The van der Waals surface area contributed by atoms with Crippen molar-refractivity contribution >= 4 is 16.9 Å². The van der Waals surface area contributed by atoms with Gasteiger partial charge in [0.2, 0.25) is 0 Å². The van der Waals surface area contributed by atoms with Crippen molar-refractivity contribution in [3.05, 3.63) is 64.4 Å². The van der Waals surface area contributed by atoms with E-state index in [1.807, 2.05) is 47.8 Å². The molecule has 0 bridgehead atoms. The zero-order chi connectivity index (χ0) is 13.0. The molecule has 0 fully saturated rings. The molecule has 0 aliphatic rings. The molecule has 0 unspecified atom stereocenters. The van der Waals surface area contributed by atoms with E-state index in [4.69, 9.17) is 0 Å². The maximum absolute atomic E-state index is 12.3. The number of hydrogen-bond acceptors (Lipinski definition) is 1. The van der Waals surface area contributed by atoms with Gasteiger partial charge in [0.15, 0.2) is 0 Å². The Morgan fingerprint density at radius 2 is 1.78 bits per heavy atom. The highest BCUT2D eigenvalue weighted by Crippen LogP contribution is 2.30. The fourth-order valence-corrected chi connectivity index (χ4v) is 2.42. The van der Waals surface area contributed by atoms with E-state index in [-0.39, 0.29) is 0 Å². The van der Waals surface area contributed by atoms with E-state index in [1.54, 1.807) is 0 Å². The second-order valence-electron chi connectivity index (χ2n) is 3.78. The summed E-state index contributed by atoms with van der Waals surface area (Å²) in [7, 11) is 0. The van der Waals surface area contributed by atoms with Crippen LogP contribution >= 0.6 is 11.3 Å². The summed E-state index contributed by atoms with van der Waals surface area (Å²) >= 11 is 1.44. The lowest BCUT2D eigenvalue weighted by atomic mass is 10.0. The molecule has 0 atom stereocenters. The lowest BCUT2D eigenvalue weighted by molar-refractivity contribution is -0.124. The average Bonchev–Trinajstić information content (AvgIpc) is 2.83. The van der Waals surface area contributed by atoms with Crippen LogP contribution in [0.5, 0.6) is 0 Å². The van der Waals surface area contributed by atoms with Gasteiger partial charge in [0.25, 0.3) is 0 Å². The third-order valence-electron chi connectivity index (χ3n) is 2.41. The molecule has 0 amide bonds. The van der Waals surface area contributed by atoms with Crippen molar-refractivity contribution in [1.29, 1.82) is 0 Å². The lowest BCUT2D eigenvalue weighted by Crippen LogP contribution is -2.05. The Labute approximate surface area is 107 Å². The zero-order valence-electron chi connectivity index (χ0n) is 9.45. The molecule has 0 spiro atoms. The first-order valence-corrected chi connectivity index (χ1v) is 6.30. The molecular formula is C14H11F3S. The Kier molecular flexibility index (Phi) is 3.87. The van der Waals surface area contributed by atoms with Crippen molar-refractivity contribution in [2.75, 3.05) is 0 Å². The van der Waals surface area contributed by atoms with Crippen molar-refractivity contribution in [3.63, 3.8) is 0 Å². The van der Waals surface area contributed by atoms with Crippen LogP contribution in [0.15, 0.2) is 53.9 Å². The Balaban J connectivity index is 2.36. The minimum absolute atomic E-state index is 0.642. The maximum atomic E-state index is 12.3. The predicted molar refractivity (Wildman–Crippen MR) is 68.5 cm³/mol. The molecule has 0 aliphatic carbocycles. The summed E-state index contributed by atoms with van der Waals surface area (Å²) in [5, 5.41) is 1.86. The molecule has 18 heavy (non-hydrogen) atoms. The number of allylic oxidation sites excluding steroid dienone is 1. The normalized spacial score (nSPS) is 12.7. The number of hydrogen-bond donors (Lipinski definition) is 0. The summed E-state index contributed by atoms with van der Waals surface area (Å²) in [5.74, 6) is 0. The summed E-state index contributed by atoms with van der Waals surface area (Å²) in [6.07, 6.45) is -3.83. The van der Waals surface area contributed by atoms with E-state index in [9.17, 15) is 13.2 Å². The van der Waals surface area contributed by atoms with Gasteiger partial charge < -0.3 is 0 Å². The number of halogens is 3. The van der Waals surface area contributed by atoms with Gasteiger partial charge in [0.1, 0.15) is 0 Å². The van der Waals surface area contributed by atoms with E-state index in [1.165, 1.54) is 17.4 Å². The number of benzene rings is 1. The number of thiophene rings is 1. The van der Waals surface area contributed by atoms with Crippen LogP contribution in [-0.4, -0.2) is 6.18 Å². The molecule has 1 aromatic carbocycles. The second kappa shape index (κ2) is 5.40. The summed E-state index contributed by atoms with van der Waals surface area (Å²) in [6.45, 7) is 0. The molecule has 0 saturated heterocycles. The first kappa shape index (κ1) is 12.9. The van der Waals surface area contributed by atoms with Crippen LogP contribution < -0.4 is 0 Å². The van der Waals surface area contributed by atoms with Crippen LogP contribution in [0, 0.1) is 0 Å². The highest BCUT2D eigenvalue weighted by Gasteiger charge is 2.25. The fourth-order valence-electron chi connectivity index (χ4n) is 1.63. The van der Waals surface area contributed by atoms with Crippen molar-refractivity contribution < 1.29 is 13.2 Å². The molecule has 0 N–H and O–H groups in total. The molecule has 0 aliphatic heterocycles. The van der Waals surface area contributed by atoms with E-state index in [0.717, 1.165) is 10.4 Å². The molecule has 1 heterocycles. The Morgan fingerprint density at radius 1 is 1.06 bits per heavy atom. The number of rotatable bonds is 3. The quantitative estimate of drug-likeness (QED) is 0.723. The van der Waals surface area contributed by atoms with Crippen LogP contribution in [-0.2, 0) is 0 Å². The van der Waals surface area contributed by atoms with Crippen molar-refractivity contribution in [2.45, 2.75) is 12.6 Å². The van der Waals surface area contributed by atoms with E-state index < -0.39 is 12.6 Å². The van der Waals surface area contributed by atoms with Crippen LogP contribution in [0.4, 0.5) is 13.2 Å². The largest absolute Gasteiger partial charge is 0.392 e. The van der Waals surface area contributed by atoms with Crippen LogP contribution in [0.2, 0.25) is 0 Å². The highest BCUT2D eigenvalue weighted by atomic mass is 32.1. The first-order chi connectivity index (χ1) is 8.56. The molecule has 4 heteroatoms. The van der Waals surface area contributed by atoms with Gasteiger partial charge in [0.05, 0.1) is 6.42 Å². The molecule has 1 aromatic heterocycles. The fraction of sp³-hybridized carbons (Fsp3) is 0.143. The van der Waals surface area contributed by atoms with Gasteiger partial charge in [-0.15, -0.1) is 11.3 Å². The molecule has 0 radical (unpaired) electrons. The standard InChI is InChI=1S/C14H11F3S/c15-14(16,17)9-8-12(13-7-4-10-18-13)11-5-2-1-3-6-11/h1-8,10H,9H2. The van der Waals surface area contributed by atoms with Crippen LogP contribution in [0.1, 0.15) is 16.9 Å². The zero-order valence-corrected chi connectivity index (χ0v) is 10.3. The van der Waals surface area contributed by atoms with E-state index in [2.05, 4.69) is 0 Å². The van der Waals surface area contributed by atoms with Crippen LogP contribution in [0.3, 0.4) is 0 Å². The van der Waals surface area contributed by atoms with Gasteiger partial charge in [-0.05, 0) is 22.6 Å². The third-order valence-corrected chi connectivity index (χ3v) is 3.31. The lowest BCUT2D eigenvalue weighted by Gasteiger charge is -2.07. The highest BCUT2D eigenvalue weighted by molar-refractivity contribution is 7.11. The number of alkyl halides is 3. The predicted octanol–water partition coefficient (Wildman–Crippen LogP) is 5.13. The minimum Gasteiger partial charge on any atom is -0.171 e. The molecule has 0 nitrogen and oxygen atoms in total. The summed E-state index contributed by atoms with van der Waals surface area (Å²) < 4.78 is 37.0. The Hall–Kier alpha value is -1.55. The minimum atomic E-state index is -4.17. The molecule has 0 saturated carbocycles. The van der Waals surface area contributed by atoms with Gasteiger partial charge in [-0.25, -0.2) is 0 Å². The summed E-state index contributed by atoms with van der Waals surface area (Å²) in [4.78, 5) is 0.852. The molecular weight excluding hydrogens is 257 g/mol. The average molecular weight is 268 g/mol. The van der Waals surface area contributed by atoms with Crippen molar-refractivity contribution in [2.24, 2.45) is 0 Å². The Morgan fingerprint density at radius 3 is 2.33 bits per heavy atom. The SMILES string of the molecule is FC(F)(F)CC=C(c1ccccc1)c1cccs1. The Bertz CT molecular complexity index is 510. The first-order valence-electron chi connectivity index (χ1n) is 5.42. The van der Waals surface area contributed by atoms with Crippen molar-refractivity contribution in [1.82, 2.24) is 0 Å². The van der Waals surface area contributed by atoms with E-state index >= 15 is 0 Å². The molecule has 94 valence electrons. The molecule has 2 rings (SSSR count). The second-order valence-corrected chi connectivity index (χ2v) is 4.73. The van der Waals surface area contributed by atoms with Gasteiger partial charge >= 0.3 is 6.18 Å². The van der Waals surface area contributed by atoms with Gasteiger partial charge in [0, 0.05) is 4.88 Å². The summed E-state index contributed by atoms with van der Waals surface area (Å²) in [5.41, 5.74) is 1.45. The van der Waals surface area contributed by atoms with Gasteiger partial charge in [-0.1, -0.05) is 42.5 Å². The van der Waals surface area contributed by atoms with E-state index in [0.29, 0.717) is 5.57 Å². The molecule has 2 aromatic rings. The monoisotopic (exact) mass is 268 g/mol. The van der Waals surface area contributed by atoms with Gasteiger partial charge in [-0.2, -0.15) is 13.2 Å². The van der Waals surface area contributed by atoms with Crippen LogP contribution in [0.25, 0.3) is 5.57 Å².